The Kier molecular flexibility index (Phi) is 5.57. The van der Waals surface area contributed by atoms with E-state index in [-0.39, 0.29) is 11.3 Å². The van der Waals surface area contributed by atoms with Gasteiger partial charge in [-0.1, -0.05) is 28.1 Å². The van der Waals surface area contributed by atoms with E-state index >= 15 is 0 Å². The zero-order valence-electron chi connectivity index (χ0n) is 11.7. The van der Waals surface area contributed by atoms with Crippen LogP contribution in [0.25, 0.3) is 0 Å². The van der Waals surface area contributed by atoms with Gasteiger partial charge in [-0.05, 0) is 43.6 Å². The van der Waals surface area contributed by atoms with Gasteiger partial charge >= 0.3 is 0 Å². The highest BCUT2D eigenvalue weighted by molar-refractivity contribution is 9.10. The van der Waals surface area contributed by atoms with Crippen molar-refractivity contribution in [2.24, 2.45) is 5.41 Å². The van der Waals surface area contributed by atoms with Crippen LogP contribution in [-0.4, -0.2) is 32.7 Å². The minimum atomic E-state index is -0.380. The lowest BCUT2D eigenvalue weighted by Crippen LogP contribution is -2.49. The van der Waals surface area contributed by atoms with Crippen molar-refractivity contribution in [3.63, 3.8) is 0 Å². The van der Waals surface area contributed by atoms with E-state index < -0.39 is 0 Å². The molecule has 4 nitrogen and oxygen atoms in total. The van der Waals surface area contributed by atoms with Gasteiger partial charge in [-0.2, -0.15) is 0 Å². The fourth-order valence-corrected chi connectivity index (χ4v) is 2.86. The number of methoxy groups -OCH3 is 1. The van der Waals surface area contributed by atoms with E-state index in [4.69, 9.17) is 4.74 Å². The van der Waals surface area contributed by atoms with Crippen LogP contribution in [0.5, 0.6) is 0 Å². The summed E-state index contributed by atoms with van der Waals surface area (Å²) < 4.78 is 6.32. The molecule has 1 aliphatic rings. The van der Waals surface area contributed by atoms with E-state index in [1.165, 1.54) is 0 Å². The van der Waals surface area contributed by atoms with Crippen molar-refractivity contribution >= 4 is 21.8 Å². The number of carbonyl (C=O) groups excluding carboxylic acids is 1. The van der Waals surface area contributed by atoms with Crippen LogP contribution in [0.2, 0.25) is 0 Å². The van der Waals surface area contributed by atoms with Crippen LogP contribution in [-0.2, 0) is 16.1 Å². The Morgan fingerprint density at radius 2 is 2.00 bits per heavy atom. The van der Waals surface area contributed by atoms with Crippen molar-refractivity contribution < 1.29 is 9.53 Å². The molecule has 1 heterocycles. The molecule has 1 aromatic carbocycles. The summed E-state index contributed by atoms with van der Waals surface area (Å²) in [4.78, 5) is 12.5. The van der Waals surface area contributed by atoms with E-state index in [0.717, 1.165) is 36.0 Å². The van der Waals surface area contributed by atoms with Gasteiger partial charge in [0.25, 0.3) is 0 Å². The van der Waals surface area contributed by atoms with E-state index in [0.29, 0.717) is 13.2 Å². The molecule has 5 heteroatoms. The number of halogens is 1. The largest absolute Gasteiger partial charge is 0.384 e. The molecule has 0 spiro atoms. The predicted molar refractivity (Wildman–Crippen MR) is 82.4 cm³/mol. The third kappa shape index (κ3) is 3.81. The average Bonchev–Trinajstić information content (AvgIpc) is 2.47. The molecule has 110 valence electrons. The fraction of sp³-hybridized carbons (Fsp3) is 0.533. The summed E-state index contributed by atoms with van der Waals surface area (Å²) in [5.41, 5.74) is 0.720. The normalized spacial score (nSPS) is 17.7. The van der Waals surface area contributed by atoms with E-state index in [9.17, 15) is 4.79 Å². The lowest BCUT2D eigenvalue weighted by atomic mass is 9.78. The van der Waals surface area contributed by atoms with Crippen LogP contribution in [0, 0.1) is 5.41 Å². The molecule has 2 N–H and O–H groups in total. The Labute approximate surface area is 128 Å². The maximum atomic E-state index is 12.5. The number of hydrogen-bond donors (Lipinski definition) is 2. The summed E-state index contributed by atoms with van der Waals surface area (Å²) in [6.07, 6.45) is 1.65. The Hall–Kier alpha value is -0.910. The molecule has 2 rings (SSSR count). The summed E-state index contributed by atoms with van der Waals surface area (Å²) in [6.45, 7) is 2.79. The van der Waals surface area contributed by atoms with Crippen molar-refractivity contribution in [3.8, 4) is 0 Å². The minimum Gasteiger partial charge on any atom is -0.384 e. The molecule has 1 amide bonds. The third-order valence-electron chi connectivity index (χ3n) is 3.83. The Balaban J connectivity index is 1.96. The first-order valence-corrected chi connectivity index (χ1v) is 7.68. The Morgan fingerprint density at radius 1 is 1.35 bits per heavy atom. The lowest BCUT2D eigenvalue weighted by Gasteiger charge is -2.35. The highest BCUT2D eigenvalue weighted by atomic mass is 79.9. The zero-order chi connectivity index (χ0) is 14.4. The number of nitrogens with one attached hydrogen (secondary N) is 2. The summed E-state index contributed by atoms with van der Waals surface area (Å²) in [7, 11) is 1.66. The molecule has 1 aliphatic heterocycles. The fourth-order valence-electron chi connectivity index (χ4n) is 2.59. The van der Waals surface area contributed by atoms with Gasteiger partial charge in [0.05, 0.1) is 12.0 Å². The highest BCUT2D eigenvalue weighted by Crippen LogP contribution is 2.29. The van der Waals surface area contributed by atoms with Crippen LogP contribution in [0.4, 0.5) is 0 Å². The summed E-state index contributed by atoms with van der Waals surface area (Å²) in [5.74, 6) is 0.101. The van der Waals surface area contributed by atoms with Gasteiger partial charge in [-0.25, -0.2) is 0 Å². The maximum Gasteiger partial charge on any atom is 0.228 e. The number of ether oxygens (including phenoxy) is 1. The SMILES string of the molecule is COCC1(C(=O)NCc2ccc(Br)cc2)CCNCC1. The van der Waals surface area contributed by atoms with Gasteiger partial charge in [0.2, 0.25) is 5.91 Å². The van der Waals surface area contributed by atoms with Gasteiger partial charge in [0, 0.05) is 18.1 Å². The van der Waals surface area contributed by atoms with Gasteiger partial charge in [-0.15, -0.1) is 0 Å². The molecule has 0 aliphatic carbocycles. The number of piperidine rings is 1. The Morgan fingerprint density at radius 3 is 2.60 bits per heavy atom. The van der Waals surface area contributed by atoms with E-state index in [1.54, 1.807) is 7.11 Å². The van der Waals surface area contributed by atoms with Gasteiger partial charge in [-0.3, -0.25) is 4.79 Å². The lowest BCUT2D eigenvalue weighted by molar-refractivity contribution is -0.136. The number of amides is 1. The standard InChI is InChI=1S/C15H21BrN2O2/c1-20-11-15(6-8-17-9-7-15)14(19)18-10-12-2-4-13(16)5-3-12/h2-5,17H,6-11H2,1H3,(H,18,19). The zero-order valence-corrected chi connectivity index (χ0v) is 13.3. The number of benzene rings is 1. The highest BCUT2D eigenvalue weighted by Gasteiger charge is 2.39. The summed E-state index contributed by atoms with van der Waals surface area (Å²) >= 11 is 3.41. The second kappa shape index (κ2) is 7.20. The average molecular weight is 341 g/mol. The monoisotopic (exact) mass is 340 g/mol. The topological polar surface area (TPSA) is 50.4 Å². The number of rotatable bonds is 5. The predicted octanol–water partition coefficient (Wildman–Crippen LogP) is 2.08. The van der Waals surface area contributed by atoms with Crippen LogP contribution in [0.15, 0.2) is 28.7 Å². The second-order valence-electron chi connectivity index (χ2n) is 5.27. The first-order valence-electron chi connectivity index (χ1n) is 6.89. The van der Waals surface area contributed by atoms with Crippen LogP contribution in [0.3, 0.4) is 0 Å². The number of hydrogen-bond acceptors (Lipinski definition) is 3. The van der Waals surface area contributed by atoms with Crippen molar-refractivity contribution in [2.45, 2.75) is 19.4 Å². The third-order valence-corrected chi connectivity index (χ3v) is 4.36. The van der Waals surface area contributed by atoms with Crippen LogP contribution >= 0.6 is 15.9 Å². The van der Waals surface area contributed by atoms with Crippen LogP contribution in [0.1, 0.15) is 18.4 Å². The van der Waals surface area contributed by atoms with Crippen molar-refractivity contribution in [3.05, 3.63) is 34.3 Å². The van der Waals surface area contributed by atoms with E-state index in [1.807, 2.05) is 24.3 Å². The molecular formula is C15H21BrN2O2. The first kappa shape index (κ1) is 15.5. The smallest absolute Gasteiger partial charge is 0.228 e. The molecule has 20 heavy (non-hydrogen) atoms. The molecule has 0 radical (unpaired) electrons. The molecule has 0 saturated carbocycles. The molecule has 1 fully saturated rings. The Bertz CT molecular complexity index is 436. The minimum absolute atomic E-state index is 0.101. The molecular weight excluding hydrogens is 320 g/mol. The molecule has 1 saturated heterocycles. The van der Waals surface area contributed by atoms with Crippen molar-refractivity contribution in [2.75, 3.05) is 26.8 Å². The van der Waals surface area contributed by atoms with Crippen molar-refractivity contribution in [1.29, 1.82) is 0 Å². The maximum absolute atomic E-state index is 12.5. The quantitative estimate of drug-likeness (QED) is 0.862. The van der Waals surface area contributed by atoms with Gasteiger partial charge in [0.15, 0.2) is 0 Å². The second-order valence-corrected chi connectivity index (χ2v) is 6.19. The summed E-state index contributed by atoms with van der Waals surface area (Å²) in [5, 5.41) is 6.34. The first-order chi connectivity index (χ1) is 9.66. The molecule has 1 aromatic rings. The van der Waals surface area contributed by atoms with Gasteiger partial charge < -0.3 is 15.4 Å². The molecule has 0 atom stereocenters. The molecule has 0 bridgehead atoms. The molecule has 0 aromatic heterocycles. The number of carbonyl (C=O) groups is 1. The summed E-state index contributed by atoms with van der Waals surface area (Å²) in [6, 6.07) is 7.99. The van der Waals surface area contributed by atoms with E-state index in [2.05, 4.69) is 26.6 Å². The van der Waals surface area contributed by atoms with Crippen molar-refractivity contribution in [1.82, 2.24) is 10.6 Å². The van der Waals surface area contributed by atoms with Crippen LogP contribution < -0.4 is 10.6 Å². The molecule has 0 unspecified atom stereocenters. The van der Waals surface area contributed by atoms with Gasteiger partial charge in [0.1, 0.15) is 0 Å².